The quantitative estimate of drug-likeness (QED) is 0.786. The van der Waals surface area contributed by atoms with Gasteiger partial charge in [-0.15, -0.1) is 0 Å². The Morgan fingerprint density at radius 2 is 2.14 bits per heavy atom. The molecule has 0 saturated heterocycles. The highest BCUT2D eigenvalue weighted by atomic mass is 16.5. The summed E-state index contributed by atoms with van der Waals surface area (Å²) >= 11 is 0. The summed E-state index contributed by atoms with van der Waals surface area (Å²) < 4.78 is 5.07. The van der Waals surface area contributed by atoms with Gasteiger partial charge in [-0.2, -0.15) is 0 Å². The minimum Gasteiger partial charge on any atom is -0.496 e. The molecular formula is C10H13NO3. The summed E-state index contributed by atoms with van der Waals surface area (Å²) in [6.45, 7) is 1.87. The second-order valence-corrected chi connectivity index (χ2v) is 3.00. The Balaban J connectivity index is 3.02. The van der Waals surface area contributed by atoms with Crippen LogP contribution in [-0.4, -0.2) is 25.4 Å². The maximum atomic E-state index is 10.7. The van der Waals surface area contributed by atoms with E-state index in [0.717, 1.165) is 16.2 Å². The molecule has 0 heterocycles. The van der Waals surface area contributed by atoms with Crippen molar-refractivity contribution in [3.63, 3.8) is 0 Å². The van der Waals surface area contributed by atoms with Gasteiger partial charge in [0.2, 0.25) is 0 Å². The number of methoxy groups -OCH3 is 1. The molecule has 0 spiro atoms. The van der Waals surface area contributed by atoms with Crippen molar-refractivity contribution in [1.82, 2.24) is 0 Å². The molecule has 76 valence electrons. The summed E-state index contributed by atoms with van der Waals surface area (Å²) in [5.41, 5.74) is 1.55. The van der Waals surface area contributed by atoms with Gasteiger partial charge < -0.3 is 9.84 Å². The van der Waals surface area contributed by atoms with Gasteiger partial charge in [-0.3, -0.25) is 4.90 Å². The van der Waals surface area contributed by atoms with Crippen LogP contribution in [0.25, 0.3) is 0 Å². The molecule has 0 fully saturated rings. The van der Waals surface area contributed by atoms with Crippen molar-refractivity contribution < 1.29 is 14.6 Å². The second kappa shape index (κ2) is 4.00. The summed E-state index contributed by atoms with van der Waals surface area (Å²) in [6.07, 6.45) is -0.977. The van der Waals surface area contributed by atoms with Gasteiger partial charge >= 0.3 is 6.09 Å². The van der Waals surface area contributed by atoms with Crippen molar-refractivity contribution in [3.8, 4) is 5.75 Å². The molecule has 0 aliphatic heterocycles. The molecule has 1 amide bonds. The van der Waals surface area contributed by atoms with E-state index >= 15 is 0 Å². The number of anilines is 1. The molecule has 0 aromatic heterocycles. The highest BCUT2D eigenvalue weighted by molar-refractivity contribution is 5.85. The fraction of sp³-hybridized carbons (Fsp3) is 0.300. The Kier molecular flexibility index (Phi) is 2.96. The fourth-order valence-corrected chi connectivity index (χ4v) is 1.18. The molecule has 1 aromatic rings. The SMILES string of the molecule is COc1ccc(N(C)C(=O)O)cc1C. The Morgan fingerprint density at radius 3 is 2.57 bits per heavy atom. The van der Waals surface area contributed by atoms with Crippen molar-refractivity contribution >= 4 is 11.8 Å². The number of hydrogen-bond donors (Lipinski definition) is 1. The number of benzene rings is 1. The lowest BCUT2D eigenvalue weighted by atomic mass is 10.2. The van der Waals surface area contributed by atoms with Crippen LogP contribution >= 0.6 is 0 Å². The molecule has 0 radical (unpaired) electrons. The third kappa shape index (κ3) is 1.96. The number of rotatable bonds is 2. The Labute approximate surface area is 82.7 Å². The van der Waals surface area contributed by atoms with E-state index in [1.54, 1.807) is 25.3 Å². The van der Waals surface area contributed by atoms with Crippen molar-refractivity contribution in [2.75, 3.05) is 19.1 Å². The number of ether oxygens (including phenoxy) is 1. The average molecular weight is 195 g/mol. The fourth-order valence-electron chi connectivity index (χ4n) is 1.18. The van der Waals surface area contributed by atoms with E-state index in [-0.39, 0.29) is 0 Å². The Bertz CT molecular complexity index is 349. The van der Waals surface area contributed by atoms with E-state index < -0.39 is 6.09 Å². The molecule has 4 heteroatoms. The monoisotopic (exact) mass is 195 g/mol. The van der Waals surface area contributed by atoms with Crippen molar-refractivity contribution in [1.29, 1.82) is 0 Å². The highest BCUT2D eigenvalue weighted by Gasteiger charge is 2.09. The van der Waals surface area contributed by atoms with Crippen LogP contribution in [0.15, 0.2) is 18.2 Å². The van der Waals surface area contributed by atoms with Crippen LogP contribution in [0.5, 0.6) is 5.75 Å². The molecular weight excluding hydrogens is 182 g/mol. The number of carboxylic acid groups (broad SMARTS) is 1. The Morgan fingerprint density at radius 1 is 1.50 bits per heavy atom. The van der Waals surface area contributed by atoms with Crippen LogP contribution in [0.3, 0.4) is 0 Å². The predicted molar refractivity (Wildman–Crippen MR) is 54.2 cm³/mol. The lowest BCUT2D eigenvalue weighted by Crippen LogP contribution is -2.23. The number of aryl methyl sites for hydroxylation is 1. The number of nitrogens with zero attached hydrogens (tertiary/aromatic N) is 1. The first-order valence-corrected chi connectivity index (χ1v) is 4.17. The van der Waals surface area contributed by atoms with Gasteiger partial charge in [-0.1, -0.05) is 0 Å². The van der Waals surface area contributed by atoms with Gasteiger partial charge in [-0.05, 0) is 30.7 Å². The molecule has 0 saturated carbocycles. The summed E-state index contributed by atoms with van der Waals surface area (Å²) in [4.78, 5) is 11.8. The average Bonchev–Trinajstić information content (AvgIpc) is 2.16. The summed E-state index contributed by atoms with van der Waals surface area (Å²) in [7, 11) is 3.09. The molecule has 0 atom stereocenters. The summed E-state index contributed by atoms with van der Waals surface area (Å²) in [5, 5.41) is 8.75. The largest absolute Gasteiger partial charge is 0.496 e. The zero-order chi connectivity index (χ0) is 10.7. The van der Waals surface area contributed by atoms with Gasteiger partial charge in [0.25, 0.3) is 0 Å². The first-order chi connectivity index (χ1) is 6.56. The first-order valence-electron chi connectivity index (χ1n) is 4.17. The number of amides is 1. The maximum absolute atomic E-state index is 10.7. The van der Waals surface area contributed by atoms with E-state index in [0.29, 0.717) is 5.69 Å². The lowest BCUT2D eigenvalue weighted by Gasteiger charge is -2.14. The van der Waals surface area contributed by atoms with Gasteiger partial charge in [0.15, 0.2) is 0 Å². The molecule has 0 aliphatic rings. The van der Waals surface area contributed by atoms with Crippen LogP contribution in [0.1, 0.15) is 5.56 Å². The van der Waals surface area contributed by atoms with Crippen LogP contribution in [0.4, 0.5) is 10.5 Å². The first kappa shape index (κ1) is 10.4. The van der Waals surface area contributed by atoms with Crippen LogP contribution in [0.2, 0.25) is 0 Å². The van der Waals surface area contributed by atoms with E-state index in [1.165, 1.54) is 7.05 Å². The van der Waals surface area contributed by atoms with Gasteiger partial charge in [0, 0.05) is 12.7 Å². The molecule has 1 N–H and O–H groups in total. The predicted octanol–water partition coefficient (Wildman–Crippen LogP) is 2.12. The van der Waals surface area contributed by atoms with Crippen LogP contribution in [0, 0.1) is 6.92 Å². The van der Waals surface area contributed by atoms with Gasteiger partial charge in [0.05, 0.1) is 7.11 Å². The van der Waals surface area contributed by atoms with Gasteiger partial charge in [0.1, 0.15) is 5.75 Å². The summed E-state index contributed by atoms with van der Waals surface area (Å²) in [5.74, 6) is 0.757. The third-order valence-corrected chi connectivity index (χ3v) is 2.05. The zero-order valence-corrected chi connectivity index (χ0v) is 8.44. The van der Waals surface area contributed by atoms with Gasteiger partial charge in [-0.25, -0.2) is 4.79 Å². The molecule has 0 bridgehead atoms. The normalized spacial score (nSPS) is 9.64. The lowest BCUT2D eigenvalue weighted by molar-refractivity contribution is 0.203. The van der Waals surface area contributed by atoms with E-state index in [4.69, 9.17) is 9.84 Å². The third-order valence-electron chi connectivity index (χ3n) is 2.05. The molecule has 14 heavy (non-hydrogen) atoms. The van der Waals surface area contributed by atoms with Crippen molar-refractivity contribution in [2.45, 2.75) is 6.92 Å². The molecule has 4 nitrogen and oxygen atoms in total. The maximum Gasteiger partial charge on any atom is 0.411 e. The van der Waals surface area contributed by atoms with E-state index in [9.17, 15) is 4.79 Å². The number of carbonyl (C=O) groups is 1. The van der Waals surface area contributed by atoms with Crippen molar-refractivity contribution in [2.24, 2.45) is 0 Å². The minimum atomic E-state index is -0.977. The number of hydrogen-bond acceptors (Lipinski definition) is 2. The molecule has 0 unspecified atom stereocenters. The van der Waals surface area contributed by atoms with Crippen LogP contribution < -0.4 is 9.64 Å². The van der Waals surface area contributed by atoms with Crippen molar-refractivity contribution in [3.05, 3.63) is 23.8 Å². The Hall–Kier alpha value is -1.71. The van der Waals surface area contributed by atoms with Crippen LogP contribution in [-0.2, 0) is 0 Å². The smallest absolute Gasteiger partial charge is 0.411 e. The molecule has 0 aliphatic carbocycles. The minimum absolute atomic E-state index is 0.635. The topological polar surface area (TPSA) is 49.8 Å². The van der Waals surface area contributed by atoms with E-state index in [2.05, 4.69) is 0 Å². The summed E-state index contributed by atoms with van der Waals surface area (Å²) in [6, 6.07) is 5.23. The second-order valence-electron chi connectivity index (χ2n) is 3.00. The standard InChI is InChI=1S/C10H13NO3/c1-7-6-8(11(2)10(12)13)4-5-9(7)14-3/h4-6H,1-3H3,(H,12,13). The molecule has 1 rings (SSSR count). The molecule has 1 aromatic carbocycles. The highest BCUT2D eigenvalue weighted by Crippen LogP contribution is 2.23. The van der Waals surface area contributed by atoms with E-state index in [1.807, 2.05) is 6.92 Å². The zero-order valence-electron chi connectivity index (χ0n) is 8.44.